The standard InChI is InChI=1S/C18H14N2O3.2C2H6/c1-23-13-8-6-12(7-9-13)18-19-10-16(20-18)14-4-2-3-5-15(14)17(22)11-21;2*1-2/h2-11H,1H3,(H,19,20);2*1-2H3. The van der Waals surface area contributed by atoms with Crippen LogP contribution in [-0.2, 0) is 4.79 Å². The first-order valence-corrected chi connectivity index (χ1v) is 9.01. The predicted molar refractivity (Wildman–Crippen MR) is 109 cm³/mol. The first-order chi connectivity index (χ1) is 13.2. The Morgan fingerprint density at radius 3 is 2.22 bits per heavy atom. The maximum atomic E-state index is 11.7. The predicted octanol–water partition coefficient (Wildman–Crippen LogP) is 5.19. The number of methoxy groups -OCH3 is 1. The number of ether oxygens (including phenoxy) is 1. The van der Waals surface area contributed by atoms with Gasteiger partial charge in [0.15, 0.2) is 6.29 Å². The van der Waals surface area contributed by atoms with Crippen LogP contribution in [-0.4, -0.2) is 29.1 Å². The van der Waals surface area contributed by atoms with E-state index in [0.717, 1.165) is 11.3 Å². The number of hydrogen-bond acceptors (Lipinski definition) is 4. The van der Waals surface area contributed by atoms with Gasteiger partial charge < -0.3 is 9.72 Å². The molecule has 0 saturated heterocycles. The van der Waals surface area contributed by atoms with E-state index in [2.05, 4.69) is 9.97 Å². The minimum Gasteiger partial charge on any atom is -0.497 e. The Morgan fingerprint density at radius 1 is 1.00 bits per heavy atom. The van der Waals surface area contributed by atoms with Crippen LogP contribution in [0, 0.1) is 0 Å². The van der Waals surface area contributed by atoms with Gasteiger partial charge in [0.05, 0.1) is 19.0 Å². The number of aromatic amines is 1. The number of hydrogen-bond donors (Lipinski definition) is 1. The van der Waals surface area contributed by atoms with Crippen molar-refractivity contribution in [2.24, 2.45) is 0 Å². The molecular weight excluding hydrogens is 340 g/mol. The van der Waals surface area contributed by atoms with E-state index in [1.165, 1.54) is 0 Å². The summed E-state index contributed by atoms with van der Waals surface area (Å²) in [4.78, 5) is 30.1. The van der Waals surface area contributed by atoms with Gasteiger partial charge in [0.25, 0.3) is 0 Å². The van der Waals surface area contributed by atoms with Gasteiger partial charge >= 0.3 is 0 Å². The van der Waals surface area contributed by atoms with Crippen molar-refractivity contribution >= 4 is 12.1 Å². The smallest absolute Gasteiger partial charge is 0.226 e. The molecule has 5 heteroatoms. The number of carbonyl (C=O) groups is 2. The number of nitrogens with zero attached hydrogens (tertiary/aromatic N) is 1. The Morgan fingerprint density at radius 2 is 1.63 bits per heavy atom. The van der Waals surface area contributed by atoms with Gasteiger partial charge in [-0.3, -0.25) is 9.59 Å². The third-order valence-corrected chi connectivity index (χ3v) is 3.53. The molecule has 1 N–H and O–H groups in total. The van der Waals surface area contributed by atoms with Crippen LogP contribution in [0.3, 0.4) is 0 Å². The van der Waals surface area contributed by atoms with Gasteiger partial charge in [-0.15, -0.1) is 0 Å². The SMILES string of the molecule is CC.CC.COc1ccc(-c2ncc(-c3ccccc3C(=O)C=O)[nH]2)cc1. The van der Waals surface area contributed by atoms with E-state index >= 15 is 0 Å². The third kappa shape index (κ3) is 5.38. The largest absolute Gasteiger partial charge is 0.497 e. The molecule has 142 valence electrons. The molecule has 0 amide bonds. The van der Waals surface area contributed by atoms with Gasteiger partial charge in [0.2, 0.25) is 5.78 Å². The maximum absolute atomic E-state index is 11.7. The first-order valence-electron chi connectivity index (χ1n) is 9.01. The van der Waals surface area contributed by atoms with Crippen molar-refractivity contribution < 1.29 is 14.3 Å². The van der Waals surface area contributed by atoms with E-state index in [4.69, 9.17) is 4.74 Å². The average Bonchev–Trinajstić information content (AvgIpc) is 3.26. The molecule has 27 heavy (non-hydrogen) atoms. The summed E-state index contributed by atoms with van der Waals surface area (Å²) in [5.41, 5.74) is 2.59. The van der Waals surface area contributed by atoms with Crippen molar-refractivity contribution in [2.75, 3.05) is 7.11 Å². The molecule has 0 aliphatic carbocycles. The molecule has 3 aromatic rings. The topological polar surface area (TPSA) is 72.0 Å². The molecule has 1 aromatic heterocycles. The second-order valence-corrected chi connectivity index (χ2v) is 4.90. The highest BCUT2D eigenvalue weighted by Gasteiger charge is 2.13. The first kappa shape index (κ1) is 21.8. The van der Waals surface area contributed by atoms with Crippen molar-refractivity contribution in [1.82, 2.24) is 9.97 Å². The zero-order valence-corrected chi connectivity index (χ0v) is 16.4. The Hall–Kier alpha value is -3.21. The second-order valence-electron chi connectivity index (χ2n) is 4.90. The number of benzene rings is 2. The molecule has 0 aliphatic heterocycles. The fraction of sp³-hybridized carbons (Fsp3) is 0.227. The van der Waals surface area contributed by atoms with Gasteiger partial charge in [-0.2, -0.15) is 0 Å². The minimum absolute atomic E-state index is 0.319. The number of ketones is 1. The zero-order valence-electron chi connectivity index (χ0n) is 16.4. The van der Waals surface area contributed by atoms with Crippen molar-refractivity contribution in [3.8, 4) is 28.4 Å². The summed E-state index contributed by atoms with van der Waals surface area (Å²) in [6.07, 6.45) is 1.97. The van der Waals surface area contributed by atoms with Crippen LogP contribution in [0.4, 0.5) is 0 Å². The summed E-state index contributed by atoms with van der Waals surface area (Å²) in [6, 6.07) is 14.4. The van der Waals surface area contributed by atoms with Gasteiger partial charge in [-0.1, -0.05) is 52.0 Å². The number of rotatable bonds is 5. The lowest BCUT2D eigenvalue weighted by Gasteiger charge is -2.04. The number of Topliss-reactive ketones (excluding diaryl/α,β-unsaturated/α-hetero) is 1. The highest BCUT2D eigenvalue weighted by Crippen LogP contribution is 2.26. The molecule has 0 atom stereocenters. The fourth-order valence-corrected chi connectivity index (χ4v) is 2.35. The molecule has 0 aliphatic rings. The number of H-pyrrole nitrogens is 1. The fourth-order valence-electron chi connectivity index (χ4n) is 2.35. The molecule has 1 heterocycles. The van der Waals surface area contributed by atoms with Crippen molar-refractivity contribution in [3.63, 3.8) is 0 Å². The second kappa shape index (κ2) is 11.4. The Labute approximate surface area is 160 Å². The summed E-state index contributed by atoms with van der Waals surface area (Å²) < 4.78 is 5.13. The van der Waals surface area contributed by atoms with E-state index in [9.17, 15) is 9.59 Å². The van der Waals surface area contributed by atoms with E-state index in [1.54, 1.807) is 31.5 Å². The van der Waals surface area contributed by atoms with Crippen LogP contribution in [0.2, 0.25) is 0 Å². The maximum Gasteiger partial charge on any atom is 0.226 e. The van der Waals surface area contributed by atoms with Crippen LogP contribution in [0.5, 0.6) is 5.75 Å². The quantitative estimate of drug-likeness (QED) is 0.383. The highest BCUT2D eigenvalue weighted by molar-refractivity contribution is 6.34. The van der Waals surface area contributed by atoms with Crippen molar-refractivity contribution in [2.45, 2.75) is 27.7 Å². The van der Waals surface area contributed by atoms with Gasteiger partial charge in [0, 0.05) is 16.7 Å². The molecule has 0 unspecified atom stereocenters. The lowest BCUT2D eigenvalue weighted by atomic mass is 10.0. The summed E-state index contributed by atoms with van der Waals surface area (Å²) in [6.45, 7) is 8.00. The monoisotopic (exact) mass is 366 g/mol. The summed E-state index contributed by atoms with van der Waals surface area (Å²) >= 11 is 0. The molecule has 0 spiro atoms. The zero-order chi connectivity index (χ0) is 20.2. The lowest BCUT2D eigenvalue weighted by molar-refractivity contribution is -0.104. The normalized spacial score (nSPS) is 9.22. The van der Waals surface area contributed by atoms with E-state index in [-0.39, 0.29) is 0 Å². The number of aromatic nitrogens is 2. The highest BCUT2D eigenvalue weighted by atomic mass is 16.5. The molecule has 0 bridgehead atoms. The van der Waals surface area contributed by atoms with Crippen LogP contribution >= 0.6 is 0 Å². The molecule has 5 nitrogen and oxygen atoms in total. The number of carbonyl (C=O) groups excluding carboxylic acids is 2. The van der Waals surface area contributed by atoms with Crippen LogP contribution in [0.15, 0.2) is 54.7 Å². The van der Waals surface area contributed by atoms with E-state index < -0.39 is 5.78 Å². The molecule has 0 radical (unpaired) electrons. The summed E-state index contributed by atoms with van der Waals surface area (Å²) in [5, 5.41) is 0. The number of nitrogens with one attached hydrogen (secondary N) is 1. The molecular formula is C22H26N2O3. The Kier molecular flexibility index (Phi) is 9.23. The molecule has 2 aromatic carbocycles. The summed E-state index contributed by atoms with van der Waals surface area (Å²) in [7, 11) is 1.61. The molecule has 0 fully saturated rings. The average molecular weight is 366 g/mol. The van der Waals surface area contributed by atoms with Crippen LogP contribution < -0.4 is 4.74 Å². The Bertz CT molecular complexity index is 852. The number of imidazole rings is 1. The van der Waals surface area contributed by atoms with Crippen molar-refractivity contribution in [1.29, 1.82) is 0 Å². The minimum atomic E-state index is -0.554. The van der Waals surface area contributed by atoms with Gasteiger partial charge in [0.1, 0.15) is 11.6 Å². The number of aldehydes is 1. The Balaban J connectivity index is 0.000000855. The van der Waals surface area contributed by atoms with E-state index in [0.29, 0.717) is 28.9 Å². The van der Waals surface area contributed by atoms with Crippen molar-refractivity contribution in [3.05, 3.63) is 60.3 Å². The van der Waals surface area contributed by atoms with Gasteiger partial charge in [-0.25, -0.2) is 4.98 Å². The molecule has 0 saturated carbocycles. The van der Waals surface area contributed by atoms with Gasteiger partial charge in [-0.05, 0) is 24.3 Å². The summed E-state index contributed by atoms with van der Waals surface area (Å²) in [5.74, 6) is 0.889. The molecule has 3 rings (SSSR count). The van der Waals surface area contributed by atoms with Crippen LogP contribution in [0.25, 0.3) is 22.6 Å². The van der Waals surface area contributed by atoms with Crippen LogP contribution in [0.1, 0.15) is 38.1 Å². The third-order valence-electron chi connectivity index (χ3n) is 3.53. The van der Waals surface area contributed by atoms with E-state index in [1.807, 2.05) is 58.0 Å². The lowest BCUT2D eigenvalue weighted by Crippen LogP contribution is -2.02.